The van der Waals surface area contributed by atoms with Crippen LogP contribution in [0.15, 0.2) is 0 Å². The van der Waals surface area contributed by atoms with Crippen LogP contribution in [-0.4, -0.2) is 54.1 Å². The number of fused-ring (bicyclic) bond motifs is 1. The van der Waals surface area contributed by atoms with Crippen molar-refractivity contribution in [1.82, 2.24) is 15.5 Å². The first-order chi connectivity index (χ1) is 10.4. The maximum absolute atomic E-state index is 12.1. The van der Waals surface area contributed by atoms with Gasteiger partial charge in [0.1, 0.15) is 0 Å². The molecule has 0 bridgehead atoms. The lowest BCUT2D eigenvalue weighted by atomic mass is 9.81. The summed E-state index contributed by atoms with van der Waals surface area (Å²) in [6.45, 7) is 5.14. The fraction of sp³-hybridized carbons (Fsp3) is 0.800. The molecule has 2 fully saturated rings. The maximum Gasteiger partial charge on any atom is 0.317 e. The van der Waals surface area contributed by atoms with E-state index in [0.717, 1.165) is 12.8 Å². The second-order valence-corrected chi connectivity index (χ2v) is 6.61. The summed E-state index contributed by atoms with van der Waals surface area (Å²) in [7, 11) is 0. The van der Waals surface area contributed by atoms with Crippen LogP contribution in [0.3, 0.4) is 0 Å². The van der Waals surface area contributed by atoms with Crippen molar-refractivity contribution >= 4 is 17.9 Å². The number of urea groups is 1. The fourth-order valence-corrected chi connectivity index (χ4v) is 3.46. The van der Waals surface area contributed by atoms with E-state index < -0.39 is 11.4 Å². The SMILES string of the molecule is CC(C)C(=O)NCCNC(=O)N1C[C@@H]2CCC[C@@]2(C(=O)O)C1. The van der Waals surface area contributed by atoms with Gasteiger partial charge < -0.3 is 20.6 Å². The third-order valence-electron chi connectivity index (χ3n) is 4.81. The predicted molar refractivity (Wildman–Crippen MR) is 80.2 cm³/mol. The minimum Gasteiger partial charge on any atom is -0.481 e. The Morgan fingerprint density at radius 1 is 1.27 bits per heavy atom. The Bertz CT molecular complexity index is 466. The Morgan fingerprint density at radius 3 is 2.55 bits per heavy atom. The lowest BCUT2D eigenvalue weighted by Crippen LogP contribution is -2.44. The van der Waals surface area contributed by atoms with Crippen LogP contribution in [-0.2, 0) is 9.59 Å². The van der Waals surface area contributed by atoms with Crippen LogP contribution >= 0.6 is 0 Å². The first kappa shape index (κ1) is 16.6. The molecule has 0 aromatic heterocycles. The molecule has 2 aliphatic rings. The van der Waals surface area contributed by atoms with Gasteiger partial charge >= 0.3 is 12.0 Å². The van der Waals surface area contributed by atoms with Crippen LogP contribution in [0.4, 0.5) is 4.79 Å². The number of rotatable bonds is 5. The molecule has 0 aromatic rings. The highest BCUT2D eigenvalue weighted by atomic mass is 16.4. The van der Waals surface area contributed by atoms with Gasteiger partial charge in [0.15, 0.2) is 0 Å². The number of hydrogen-bond donors (Lipinski definition) is 3. The third-order valence-corrected chi connectivity index (χ3v) is 4.81. The minimum absolute atomic E-state index is 0.0465. The lowest BCUT2D eigenvalue weighted by molar-refractivity contribution is -0.149. The zero-order valence-electron chi connectivity index (χ0n) is 13.2. The molecule has 0 unspecified atom stereocenters. The van der Waals surface area contributed by atoms with E-state index in [1.807, 2.05) is 13.8 Å². The molecule has 3 amide bonds. The number of carboxylic acids is 1. The molecular formula is C15H25N3O4. The van der Waals surface area contributed by atoms with E-state index in [2.05, 4.69) is 10.6 Å². The van der Waals surface area contributed by atoms with Gasteiger partial charge in [-0.05, 0) is 18.8 Å². The highest BCUT2D eigenvalue weighted by molar-refractivity contribution is 5.81. The number of nitrogens with zero attached hydrogens (tertiary/aromatic N) is 1. The van der Waals surface area contributed by atoms with Crippen molar-refractivity contribution < 1.29 is 19.5 Å². The van der Waals surface area contributed by atoms with Crippen molar-refractivity contribution in [3.63, 3.8) is 0 Å². The molecule has 7 nitrogen and oxygen atoms in total. The number of carbonyl (C=O) groups is 3. The summed E-state index contributed by atoms with van der Waals surface area (Å²) in [4.78, 5) is 36.7. The molecule has 0 radical (unpaired) electrons. The highest BCUT2D eigenvalue weighted by Gasteiger charge is 2.55. The van der Waals surface area contributed by atoms with Gasteiger partial charge in [-0.15, -0.1) is 0 Å². The maximum atomic E-state index is 12.1. The normalized spacial score (nSPS) is 26.9. The van der Waals surface area contributed by atoms with E-state index in [1.165, 1.54) is 0 Å². The third kappa shape index (κ3) is 3.18. The van der Waals surface area contributed by atoms with Gasteiger partial charge in [0.25, 0.3) is 0 Å². The molecule has 124 valence electrons. The van der Waals surface area contributed by atoms with Gasteiger partial charge in [0.05, 0.1) is 5.41 Å². The van der Waals surface area contributed by atoms with Gasteiger partial charge in [-0.2, -0.15) is 0 Å². The smallest absolute Gasteiger partial charge is 0.317 e. The van der Waals surface area contributed by atoms with Gasteiger partial charge in [-0.1, -0.05) is 20.3 Å². The molecular weight excluding hydrogens is 286 g/mol. The zero-order chi connectivity index (χ0) is 16.3. The van der Waals surface area contributed by atoms with Gasteiger partial charge in [-0.3, -0.25) is 9.59 Å². The van der Waals surface area contributed by atoms with E-state index in [0.29, 0.717) is 26.1 Å². The molecule has 1 aliphatic heterocycles. The average Bonchev–Trinajstić information content (AvgIpc) is 3.00. The second kappa shape index (κ2) is 6.54. The summed E-state index contributed by atoms with van der Waals surface area (Å²) in [6, 6.07) is -0.242. The molecule has 3 N–H and O–H groups in total. The molecule has 2 rings (SSSR count). The fourth-order valence-electron chi connectivity index (χ4n) is 3.46. The standard InChI is InChI=1S/C15H25N3O4/c1-10(2)12(19)16-6-7-17-14(22)18-8-11-4-3-5-15(11,9-18)13(20)21/h10-11H,3-9H2,1-2H3,(H,16,19)(H,17,22)(H,20,21)/t11-,15+/m0/s1. The topological polar surface area (TPSA) is 98.7 Å². The number of nitrogens with one attached hydrogen (secondary N) is 2. The summed E-state index contributed by atoms with van der Waals surface area (Å²) in [6.07, 6.45) is 2.45. The second-order valence-electron chi connectivity index (χ2n) is 6.61. The minimum atomic E-state index is -0.783. The van der Waals surface area contributed by atoms with Crippen molar-refractivity contribution in [2.75, 3.05) is 26.2 Å². The van der Waals surface area contributed by atoms with E-state index in [9.17, 15) is 19.5 Å². The first-order valence-electron chi connectivity index (χ1n) is 7.90. The van der Waals surface area contributed by atoms with Crippen LogP contribution in [0.2, 0.25) is 0 Å². The molecule has 1 heterocycles. The molecule has 1 saturated heterocycles. The number of amides is 3. The average molecular weight is 311 g/mol. The van der Waals surface area contributed by atoms with Gasteiger partial charge in [0.2, 0.25) is 5.91 Å². The Morgan fingerprint density at radius 2 is 1.95 bits per heavy atom. The van der Waals surface area contributed by atoms with Crippen molar-refractivity contribution in [3.05, 3.63) is 0 Å². The van der Waals surface area contributed by atoms with Crippen LogP contribution in [0, 0.1) is 17.3 Å². The zero-order valence-corrected chi connectivity index (χ0v) is 13.2. The molecule has 2 atom stereocenters. The molecule has 22 heavy (non-hydrogen) atoms. The number of hydrogen-bond acceptors (Lipinski definition) is 3. The summed E-state index contributed by atoms with van der Waals surface area (Å²) in [5.74, 6) is -0.843. The van der Waals surface area contributed by atoms with Gasteiger partial charge in [0, 0.05) is 32.1 Å². The van der Waals surface area contributed by atoms with Crippen LogP contribution in [0.1, 0.15) is 33.1 Å². The van der Waals surface area contributed by atoms with Crippen molar-refractivity contribution in [1.29, 1.82) is 0 Å². The Kier molecular flexibility index (Phi) is 4.93. The Hall–Kier alpha value is -1.79. The highest BCUT2D eigenvalue weighted by Crippen LogP contribution is 2.48. The van der Waals surface area contributed by atoms with E-state index in [4.69, 9.17) is 0 Å². The molecule has 1 aliphatic carbocycles. The quantitative estimate of drug-likeness (QED) is 0.649. The number of carbonyl (C=O) groups excluding carboxylic acids is 2. The first-order valence-corrected chi connectivity index (χ1v) is 7.90. The van der Waals surface area contributed by atoms with Gasteiger partial charge in [-0.25, -0.2) is 4.79 Å². The predicted octanol–water partition coefficient (Wildman–Crippen LogP) is 0.655. The molecule has 0 aromatic carbocycles. The summed E-state index contributed by atoms with van der Waals surface area (Å²) >= 11 is 0. The number of likely N-dealkylation sites (tertiary alicyclic amines) is 1. The van der Waals surface area contributed by atoms with Crippen LogP contribution in [0.5, 0.6) is 0 Å². The summed E-state index contributed by atoms with van der Waals surface area (Å²) < 4.78 is 0. The van der Waals surface area contributed by atoms with Crippen molar-refractivity contribution in [3.8, 4) is 0 Å². The van der Waals surface area contributed by atoms with Crippen LogP contribution in [0.25, 0.3) is 0 Å². The Labute approximate surface area is 130 Å². The van der Waals surface area contributed by atoms with E-state index in [1.54, 1.807) is 4.90 Å². The number of carboxylic acid groups (broad SMARTS) is 1. The Balaban J connectivity index is 1.78. The summed E-state index contributed by atoms with van der Waals surface area (Å²) in [5.41, 5.74) is -0.747. The van der Waals surface area contributed by atoms with E-state index in [-0.39, 0.29) is 30.3 Å². The van der Waals surface area contributed by atoms with E-state index >= 15 is 0 Å². The monoisotopic (exact) mass is 311 g/mol. The van der Waals surface area contributed by atoms with Crippen molar-refractivity contribution in [2.45, 2.75) is 33.1 Å². The summed E-state index contributed by atoms with van der Waals surface area (Å²) in [5, 5.41) is 15.0. The van der Waals surface area contributed by atoms with Crippen molar-refractivity contribution in [2.24, 2.45) is 17.3 Å². The largest absolute Gasteiger partial charge is 0.481 e. The van der Waals surface area contributed by atoms with Crippen LogP contribution < -0.4 is 10.6 Å². The lowest BCUT2D eigenvalue weighted by Gasteiger charge is -2.23. The molecule has 7 heteroatoms. The number of aliphatic carboxylic acids is 1. The molecule has 0 spiro atoms. The molecule has 1 saturated carbocycles.